The Morgan fingerprint density at radius 3 is 1.10 bits per heavy atom. The lowest BCUT2D eigenvalue weighted by molar-refractivity contribution is -0.141. The zero-order valence-corrected chi connectivity index (χ0v) is 33.5. The number of halogens is 1. The van der Waals surface area contributed by atoms with Crippen molar-refractivity contribution in [3.05, 3.63) is 117 Å². The molecule has 2 aliphatic carbocycles. The molecule has 6 rings (SSSR count). The molecule has 0 spiro atoms. The summed E-state index contributed by atoms with van der Waals surface area (Å²) >= 11 is 3.20. The normalized spacial score (nSPS) is 11.9. The summed E-state index contributed by atoms with van der Waals surface area (Å²) < 4.78 is 25.1. The lowest BCUT2D eigenvalue weighted by Crippen LogP contribution is -2.23. The van der Waals surface area contributed by atoms with Crippen LogP contribution in [0.15, 0.2) is 72.8 Å². The van der Waals surface area contributed by atoms with Crippen LogP contribution >= 0.6 is 15.9 Å². The first-order chi connectivity index (χ1) is 27.9. The Hall–Kier alpha value is -6.35. The highest BCUT2D eigenvalue weighted by Crippen LogP contribution is 2.39. The quantitative estimate of drug-likeness (QED) is 0.0428. The maximum Gasteiger partial charge on any atom is 0.305 e. The molecule has 0 radical (unpaired) electrons. The van der Waals surface area contributed by atoms with Gasteiger partial charge in [0, 0.05) is 46.8 Å². The van der Waals surface area contributed by atoms with Gasteiger partial charge in [0.1, 0.15) is 23.0 Å². The van der Waals surface area contributed by atoms with Gasteiger partial charge in [-0.15, -0.1) is 0 Å². The molecule has 4 aromatic rings. The summed E-state index contributed by atoms with van der Waals surface area (Å²) in [6.07, 6.45) is 2.51. The van der Waals surface area contributed by atoms with E-state index in [0.717, 1.165) is 11.8 Å². The number of hydrogen-bond acceptors (Lipinski definition) is 14. The van der Waals surface area contributed by atoms with Crippen LogP contribution in [0.25, 0.3) is 0 Å². The second-order valence-electron chi connectivity index (χ2n) is 12.5. The number of phenolic OH excluding ortho intramolecular Hbond substituents is 2. The van der Waals surface area contributed by atoms with E-state index in [-0.39, 0.29) is 112 Å². The van der Waals surface area contributed by atoms with Crippen molar-refractivity contribution in [2.75, 3.05) is 39.9 Å². The number of ketones is 4. The minimum absolute atomic E-state index is 0.126. The molecule has 0 fully saturated rings. The minimum Gasteiger partial charge on any atom is -0.507 e. The number of ether oxygens (including phenoxy) is 5. The van der Waals surface area contributed by atoms with E-state index in [2.05, 4.69) is 30.1 Å². The number of aromatic hydroxyl groups is 2. The lowest BCUT2D eigenvalue weighted by atomic mass is 9.83. The summed E-state index contributed by atoms with van der Waals surface area (Å²) in [6, 6.07) is 18.5. The van der Waals surface area contributed by atoms with Crippen LogP contribution in [-0.4, -0.2) is 91.1 Å². The first-order valence-electron chi connectivity index (χ1n) is 18.0. The maximum absolute atomic E-state index is 13.2. The Morgan fingerprint density at radius 2 is 0.793 bits per heavy atom. The zero-order chi connectivity index (χ0) is 42.4. The molecular weight excluding hydrogens is 820 g/mol. The molecule has 0 bridgehead atoms. The van der Waals surface area contributed by atoms with Gasteiger partial charge < -0.3 is 33.9 Å². The van der Waals surface area contributed by atoms with E-state index in [9.17, 15) is 43.8 Å². The van der Waals surface area contributed by atoms with E-state index in [4.69, 9.17) is 9.47 Å². The third-order valence-corrected chi connectivity index (χ3v) is 9.35. The van der Waals surface area contributed by atoms with E-state index in [1.165, 1.54) is 45.6 Å². The number of benzene rings is 4. The monoisotopic (exact) mass is 860 g/mol. The summed E-state index contributed by atoms with van der Waals surface area (Å²) in [6.45, 7) is 0.341. The molecule has 0 unspecified atom stereocenters. The fraction of sp³-hybridized carbons (Fsp3) is 0.279. The first-order valence-corrected chi connectivity index (χ1v) is 19.1. The van der Waals surface area contributed by atoms with Crippen LogP contribution in [0, 0.1) is 0 Å². The number of carbonyl (C=O) groups is 7. The van der Waals surface area contributed by atoms with Gasteiger partial charge in [-0.05, 0) is 43.5 Å². The summed E-state index contributed by atoms with van der Waals surface area (Å²) in [7, 11) is 4.02. The molecule has 2 aliphatic rings. The van der Waals surface area contributed by atoms with Gasteiger partial charge in [-0.1, -0.05) is 64.5 Å². The van der Waals surface area contributed by atoms with Crippen molar-refractivity contribution in [3.63, 3.8) is 0 Å². The van der Waals surface area contributed by atoms with E-state index in [1.807, 2.05) is 0 Å². The number of esters is 3. The van der Waals surface area contributed by atoms with Crippen LogP contribution in [0.1, 0.15) is 102 Å². The molecule has 0 aromatic heterocycles. The summed E-state index contributed by atoms with van der Waals surface area (Å²) in [5, 5.41) is 20.3. The van der Waals surface area contributed by atoms with Crippen LogP contribution in [0.2, 0.25) is 0 Å². The highest BCUT2D eigenvalue weighted by Gasteiger charge is 2.36. The molecule has 0 saturated heterocycles. The van der Waals surface area contributed by atoms with E-state index in [1.54, 1.807) is 48.5 Å². The third-order valence-electron chi connectivity index (χ3n) is 8.79. The van der Waals surface area contributed by atoms with Crippen molar-refractivity contribution < 1.29 is 67.5 Å². The molecule has 304 valence electrons. The van der Waals surface area contributed by atoms with Crippen LogP contribution in [-0.2, 0) is 28.6 Å². The molecule has 0 heterocycles. The third kappa shape index (κ3) is 10.5. The van der Waals surface area contributed by atoms with Gasteiger partial charge in [-0.2, -0.15) is 0 Å². The highest BCUT2D eigenvalue weighted by molar-refractivity contribution is 9.09. The lowest BCUT2D eigenvalue weighted by Gasteiger charge is -2.22. The Labute approximate surface area is 342 Å². The van der Waals surface area contributed by atoms with Crippen LogP contribution < -0.4 is 9.47 Å². The van der Waals surface area contributed by atoms with Crippen LogP contribution in [0.4, 0.5) is 0 Å². The molecule has 2 N–H and O–H groups in total. The SMILES string of the molecule is COC(=O)CCCBr.COC(=O)CCCOc1ccc(OCCCC(=O)OC)c2c1C(=O)c1ccccc1C2=O.O=C1c2ccccc2C(=O)c2c(O)ccc(O)c21. The Kier molecular flexibility index (Phi) is 16.3. The van der Waals surface area contributed by atoms with Crippen LogP contribution in [0.3, 0.4) is 0 Å². The average molecular weight is 862 g/mol. The number of rotatable bonds is 13. The van der Waals surface area contributed by atoms with Gasteiger partial charge in [0.2, 0.25) is 0 Å². The fourth-order valence-corrected chi connectivity index (χ4v) is 6.19. The Bertz CT molecular complexity index is 2070. The second kappa shape index (κ2) is 21.3. The highest BCUT2D eigenvalue weighted by atomic mass is 79.9. The second-order valence-corrected chi connectivity index (χ2v) is 13.3. The summed E-state index contributed by atoms with van der Waals surface area (Å²) in [4.78, 5) is 83.8. The summed E-state index contributed by atoms with van der Waals surface area (Å²) in [5.74, 6) is -2.51. The molecule has 58 heavy (non-hydrogen) atoms. The zero-order valence-electron chi connectivity index (χ0n) is 32.0. The Balaban J connectivity index is 0.000000238. The smallest absolute Gasteiger partial charge is 0.305 e. The Morgan fingerprint density at radius 1 is 0.483 bits per heavy atom. The van der Waals surface area contributed by atoms with Gasteiger partial charge in [0.25, 0.3) is 0 Å². The van der Waals surface area contributed by atoms with Crippen LogP contribution in [0.5, 0.6) is 23.0 Å². The number of methoxy groups -OCH3 is 3. The molecule has 0 saturated carbocycles. The average Bonchev–Trinajstić information content (AvgIpc) is 3.25. The molecule has 4 aromatic carbocycles. The molecule has 0 aliphatic heterocycles. The maximum atomic E-state index is 13.2. The van der Waals surface area contributed by atoms with Gasteiger partial charge in [-0.3, -0.25) is 33.6 Å². The predicted molar refractivity (Wildman–Crippen MR) is 211 cm³/mol. The standard InChI is InChI=1S/C24H24O8.C14H8O4.C5H9BrO2/c1-29-19(25)9-5-13-31-17-11-12-18(32-14-6-10-20(26)30-2)22-21(17)23(27)15-7-3-4-8-16(15)24(22)28;15-9-5-6-10(16)12-11(9)13(17)7-3-1-2-4-8(7)14(12)18;1-8-5(7)3-2-4-6/h3-4,7-8,11-12H,5-6,9-10,13-14H2,1-2H3;1-6,15-16H;2-4H2,1H3. The number of hydrogen-bond donors (Lipinski definition) is 2. The molecule has 15 heteroatoms. The van der Waals surface area contributed by atoms with Crippen molar-refractivity contribution in [1.82, 2.24) is 0 Å². The topological polar surface area (TPSA) is 206 Å². The van der Waals surface area contributed by atoms with Crippen molar-refractivity contribution in [2.24, 2.45) is 0 Å². The van der Waals surface area contributed by atoms with Crippen molar-refractivity contribution in [2.45, 2.75) is 38.5 Å². The molecule has 0 amide bonds. The number of carbonyl (C=O) groups excluding carboxylic acids is 7. The largest absolute Gasteiger partial charge is 0.507 e. The molecule has 14 nitrogen and oxygen atoms in total. The first kappa shape index (κ1) is 44.4. The predicted octanol–water partition coefficient (Wildman–Crippen LogP) is 6.33. The van der Waals surface area contributed by atoms with Gasteiger partial charge in [0.15, 0.2) is 23.1 Å². The van der Waals surface area contributed by atoms with Gasteiger partial charge in [0.05, 0.1) is 56.8 Å². The molecular formula is C43H41BrO14. The van der Waals surface area contributed by atoms with Crippen molar-refractivity contribution in [3.8, 4) is 23.0 Å². The van der Waals surface area contributed by atoms with E-state index in [0.29, 0.717) is 30.4 Å². The van der Waals surface area contributed by atoms with Gasteiger partial charge in [-0.25, -0.2) is 0 Å². The fourth-order valence-electron chi connectivity index (χ4n) is 5.91. The van der Waals surface area contributed by atoms with E-state index >= 15 is 0 Å². The molecule has 0 atom stereocenters. The number of phenols is 2. The minimum atomic E-state index is -0.450. The van der Waals surface area contributed by atoms with Gasteiger partial charge >= 0.3 is 17.9 Å². The van der Waals surface area contributed by atoms with Crippen molar-refractivity contribution in [1.29, 1.82) is 0 Å². The van der Waals surface area contributed by atoms with E-state index < -0.39 is 11.6 Å². The number of alkyl halides is 1. The summed E-state index contributed by atoms with van der Waals surface area (Å²) in [5.41, 5.74) is 1.11. The number of fused-ring (bicyclic) bond motifs is 4. The van der Waals surface area contributed by atoms with Crippen molar-refractivity contribution >= 4 is 57.0 Å².